The van der Waals surface area contributed by atoms with E-state index in [-0.39, 0.29) is 18.4 Å². The molecule has 33 heavy (non-hydrogen) atoms. The minimum Gasteiger partial charge on any atom is -0.497 e. The molecule has 0 bridgehead atoms. The van der Waals surface area contributed by atoms with Crippen LogP contribution in [0.1, 0.15) is 44.2 Å². The van der Waals surface area contributed by atoms with Crippen LogP contribution >= 0.6 is 11.8 Å². The summed E-state index contributed by atoms with van der Waals surface area (Å²) in [6, 6.07) is 7.13. The van der Waals surface area contributed by atoms with Gasteiger partial charge in [-0.05, 0) is 42.4 Å². The van der Waals surface area contributed by atoms with E-state index in [1.165, 1.54) is 18.9 Å². The van der Waals surface area contributed by atoms with Crippen molar-refractivity contribution < 1.29 is 23.8 Å². The molecule has 0 radical (unpaired) electrons. The van der Waals surface area contributed by atoms with E-state index in [2.05, 4.69) is 5.32 Å². The van der Waals surface area contributed by atoms with E-state index < -0.39 is 12.0 Å². The smallest absolute Gasteiger partial charge is 0.338 e. The molecule has 9 heteroatoms. The molecule has 1 amide bonds. The Bertz CT molecular complexity index is 1010. The average molecular weight is 472 g/mol. The molecule has 8 nitrogen and oxygen atoms in total. The van der Waals surface area contributed by atoms with Gasteiger partial charge < -0.3 is 24.4 Å². The van der Waals surface area contributed by atoms with Gasteiger partial charge in [0.25, 0.3) is 0 Å². The topological polar surface area (TPSA) is 89.5 Å². The quantitative estimate of drug-likeness (QED) is 0.580. The van der Waals surface area contributed by atoms with Crippen LogP contribution in [-0.2, 0) is 19.1 Å². The van der Waals surface area contributed by atoms with Crippen molar-refractivity contribution in [3.05, 3.63) is 52.2 Å². The number of amidine groups is 1. The van der Waals surface area contributed by atoms with Gasteiger partial charge >= 0.3 is 5.97 Å². The van der Waals surface area contributed by atoms with E-state index in [4.69, 9.17) is 19.2 Å². The summed E-state index contributed by atoms with van der Waals surface area (Å²) in [6.07, 6.45) is 2.83. The molecule has 1 aromatic carbocycles. The van der Waals surface area contributed by atoms with Gasteiger partial charge in [0.15, 0.2) is 5.17 Å². The van der Waals surface area contributed by atoms with Crippen LogP contribution in [0.15, 0.2) is 51.6 Å². The Morgan fingerprint density at radius 2 is 2.18 bits per heavy atom. The molecule has 1 fully saturated rings. The molecule has 1 saturated heterocycles. The van der Waals surface area contributed by atoms with Crippen molar-refractivity contribution in [2.24, 2.45) is 4.99 Å². The van der Waals surface area contributed by atoms with Crippen molar-refractivity contribution in [2.45, 2.75) is 44.8 Å². The summed E-state index contributed by atoms with van der Waals surface area (Å²) in [7, 11) is 2.98. The summed E-state index contributed by atoms with van der Waals surface area (Å²) in [6.45, 7) is 3.22. The van der Waals surface area contributed by atoms with E-state index in [1.807, 2.05) is 41.5 Å². The summed E-state index contributed by atoms with van der Waals surface area (Å²) in [4.78, 5) is 32.4. The number of carbonyl (C=O) groups is 2. The van der Waals surface area contributed by atoms with Crippen molar-refractivity contribution in [1.82, 2.24) is 10.2 Å². The number of amides is 1. The van der Waals surface area contributed by atoms with Crippen LogP contribution in [0.25, 0.3) is 0 Å². The minimum atomic E-state index is -0.470. The highest BCUT2D eigenvalue weighted by atomic mass is 32.2. The van der Waals surface area contributed by atoms with Crippen LogP contribution in [0.4, 0.5) is 0 Å². The zero-order valence-corrected chi connectivity index (χ0v) is 19.9. The number of hydrogen-bond acceptors (Lipinski definition) is 8. The summed E-state index contributed by atoms with van der Waals surface area (Å²) in [5.41, 5.74) is 2.81. The van der Waals surface area contributed by atoms with E-state index >= 15 is 0 Å². The number of benzene rings is 1. The number of nitrogens with one attached hydrogen (secondary N) is 1. The lowest BCUT2D eigenvalue weighted by atomic mass is 9.92. The third-order valence-electron chi connectivity index (χ3n) is 5.93. The molecular weight excluding hydrogens is 442 g/mol. The maximum absolute atomic E-state index is 12.9. The highest BCUT2D eigenvalue weighted by Gasteiger charge is 2.41. The fraction of sp³-hybridized carbons (Fsp3) is 0.458. The molecule has 1 N–H and O–H groups in total. The lowest BCUT2D eigenvalue weighted by Gasteiger charge is -2.36. The summed E-state index contributed by atoms with van der Waals surface area (Å²) >= 11 is 1.46. The van der Waals surface area contributed by atoms with Crippen molar-refractivity contribution in [2.75, 3.05) is 27.4 Å². The minimum absolute atomic E-state index is 0.0819. The Balaban J connectivity index is 1.64. The van der Waals surface area contributed by atoms with Gasteiger partial charge in [-0.2, -0.15) is 0 Å². The summed E-state index contributed by atoms with van der Waals surface area (Å²) in [5.74, 6) is 0.167. The summed E-state index contributed by atoms with van der Waals surface area (Å²) < 4.78 is 16.2. The predicted molar refractivity (Wildman–Crippen MR) is 127 cm³/mol. The van der Waals surface area contributed by atoms with Crippen LogP contribution in [0.3, 0.4) is 0 Å². The number of fused-ring (bicyclic) bond motifs is 1. The van der Waals surface area contributed by atoms with Gasteiger partial charge in [-0.3, -0.25) is 4.79 Å². The van der Waals surface area contributed by atoms with Gasteiger partial charge in [0.1, 0.15) is 5.75 Å². The third-order valence-corrected chi connectivity index (χ3v) is 6.82. The Hall–Kier alpha value is -2.78. The maximum Gasteiger partial charge on any atom is 0.338 e. The number of methoxy groups -OCH3 is 2. The molecule has 2 atom stereocenters. The van der Waals surface area contributed by atoms with Crippen molar-refractivity contribution in [1.29, 1.82) is 0 Å². The second-order valence-corrected chi connectivity index (χ2v) is 8.83. The lowest BCUT2D eigenvalue weighted by molar-refractivity contribution is -0.136. The van der Waals surface area contributed by atoms with Crippen LogP contribution in [0.5, 0.6) is 5.75 Å². The predicted octanol–water partition coefficient (Wildman–Crippen LogP) is 3.52. The second kappa shape index (κ2) is 10.4. The van der Waals surface area contributed by atoms with E-state index in [0.717, 1.165) is 35.9 Å². The number of thioether (sulfide) groups is 1. The van der Waals surface area contributed by atoms with Crippen LogP contribution < -0.4 is 10.1 Å². The Labute approximate surface area is 198 Å². The van der Waals surface area contributed by atoms with Crippen LogP contribution in [0.2, 0.25) is 0 Å². The zero-order chi connectivity index (χ0) is 23.4. The standard InChI is InChI=1S/C24H29N3O5S/c1-4-19-21(23(29)31-3)22(15-7-5-8-17(11-15)30-2)27-16(14-33-24(27)26-19)12-20(28)25-13-18-9-6-10-32-18/h5,7-8,11,14,18,22H,4,6,9-10,12-13H2,1-3H3,(H,25,28)/t18-,22-/m0/s1. The number of nitrogens with zero attached hydrogens (tertiary/aromatic N) is 2. The molecule has 176 valence electrons. The largest absolute Gasteiger partial charge is 0.497 e. The van der Waals surface area contributed by atoms with Crippen LogP contribution in [-0.4, -0.2) is 55.4 Å². The third kappa shape index (κ3) is 4.94. The summed E-state index contributed by atoms with van der Waals surface area (Å²) in [5, 5.41) is 5.66. The first-order valence-corrected chi connectivity index (χ1v) is 12.0. The van der Waals surface area contributed by atoms with Gasteiger partial charge in [-0.1, -0.05) is 30.8 Å². The number of carbonyl (C=O) groups excluding carboxylic acids is 2. The number of allylic oxidation sites excluding steroid dienone is 1. The monoisotopic (exact) mass is 471 g/mol. The first-order chi connectivity index (χ1) is 16.0. The fourth-order valence-corrected chi connectivity index (χ4v) is 5.24. The highest BCUT2D eigenvalue weighted by Crippen LogP contribution is 2.45. The van der Waals surface area contributed by atoms with Gasteiger partial charge in [0.2, 0.25) is 5.91 Å². The van der Waals surface area contributed by atoms with Gasteiger partial charge in [-0.25, -0.2) is 9.79 Å². The molecule has 0 spiro atoms. The highest BCUT2D eigenvalue weighted by molar-refractivity contribution is 8.16. The van der Waals surface area contributed by atoms with Gasteiger partial charge in [0, 0.05) is 18.8 Å². The molecule has 0 aliphatic carbocycles. The number of esters is 1. The van der Waals surface area contributed by atoms with E-state index in [9.17, 15) is 9.59 Å². The first-order valence-electron chi connectivity index (χ1n) is 11.1. The van der Waals surface area contributed by atoms with E-state index in [1.54, 1.807) is 7.11 Å². The van der Waals surface area contributed by atoms with Crippen molar-refractivity contribution >= 4 is 28.8 Å². The maximum atomic E-state index is 12.9. The van der Waals surface area contributed by atoms with Crippen LogP contribution in [0, 0.1) is 0 Å². The molecule has 4 rings (SSSR count). The molecule has 0 unspecified atom stereocenters. The molecule has 1 aromatic rings. The fourth-order valence-electron chi connectivity index (χ4n) is 4.30. The SMILES string of the molecule is CCC1=C(C(=O)OC)[C@H](c2cccc(OC)c2)N2C(CC(=O)NC[C@@H]3CCCO3)=CSC2=N1. The Kier molecular flexibility index (Phi) is 7.39. The number of hydrogen-bond donors (Lipinski definition) is 1. The second-order valence-electron chi connectivity index (χ2n) is 7.99. The average Bonchev–Trinajstić information content (AvgIpc) is 3.51. The zero-order valence-electron chi connectivity index (χ0n) is 19.1. The van der Waals surface area contributed by atoms with Gasteiger partial charge in [0.05, 0.1) is 44.1 Å². The molecule has 3 heterocycles. The number of ether oxygens (including phenoxy) is 3. The number of aliphatic imine (C=N–C) groups is 1. The molecular formula is C24H29N3O5S. The Morgan fingerprint density at radius 3 is 2.88 bits per heavy atom. The van der Waals surface area contributed by atoms with Gasteiger partial charge in [-0.15, -0.1) is 0 Å². The molecule has 3 aliphatic rings. The lowest BCUT2D eigenvalue weighted by Crippen LogP contribution is -2.39. The first kappa shape index (κ1) is 23.4. The normalized spacial score (nSPS) is 22.0. The molecule has 0 aromatic heterocycles. The molecule has 3 aliphatic heterocycles. The number of rotatable bonds is 8. The van der Waals surface area contributed by atoms with Crippen molar-refractivity contribution in [3.63, 3.8) is 0 Å². The van der Waals surface area contributed by atoms with Crippen molar-refractivity contribution in [3.8, 4) is 5.75 Å². The van der Waals surface area contributed by atoms with E-state index in [0.29, 0.717) is 30.0 Å². The Morgan fingerprint density at radius 1 is 1.33 bits per heavy atom. The molecule has 0 saturated carbocycles.